The second-order valence-electron chi connectivity index (χ2n) is 4.68. The Bertz CT molecular complexity index is 743. The summed E-state index contributed by atoms with van der Waals surface area (Å²) in [6, 6.07) is 5.76. The number of hydrogen-bond acceptors (Lipinski definition) is 4. The molecule has 0 aliphatic heterocycles. The number of aryl methyl sites for hydroxylation is 3. The van der Waals surface area contributed by atoms with Gasteiger partial charge < -0.3 is 19.6 Å². The van der Waals surface area contributed by atoms with Crippen LogP contribution in [0.1, 0.15) is 5.82 Å². The quantitative estimate of drug-likeness (QED) is 0.782. The van der Waals surface area contributed by atoms with Crippen molar-refractivity contribution in [3.8, 4) is 5.75 Å². The Balaban J connectivity index is 1.94. The summed E-state index contributed by atoms with van der Waals surface area (Å²) in [5.74, 6) is 2.34. The normalized spacial score (nSPS) is 11.1. The minimum atomic E-state index is 0.516. The molecule has 0 saturated heterocycles. The smallest absolute Gasteiger partial charge is 0.201 e. The molecular formula is C14H17N5O. The molecule has 2 heterocycles. The van der Waals surface area contributed by atoms with E-state index in [1.807, 2.05) is 40.6 Å². The highest BCUT2D eigenvalue weighted by Crippen LogP contribution is 2.23. The maximum Gasteiger partial charge on any atom is 0.201 e. The van der Waals surface area contributed by atoms with E-state index >= 15 is 0 Å². The van der Waals surface area contributed by atoms with Gasteiger partial charge in [-0.1, -0.05) is 0 Å². The van der Waals surface area contributed by atoms with E-state index in [9.17, 15) is 0 Å². The van der Waals surface area contributed by atoms with E-state index in [0.29, 0.717) is 5.95 Å². The summed E-state index contributed by atoms with van der Waals surface area (Å²) in [6.45, 7) is 0.736. The van der Waals surface area contributed by atoms with Gasteiger partial charge in [0.05, 0.1) is 18.1 Å². The molecule has 3 aromatic rings. The van der Waals surface area contributed by atoms with Crippen molar-refractivity contribution < 1.29 is 4.74 Å². The van der Waals surface area contributed by atoms with Gasteiger partial charge in [-0.25, -0.2) is 9.97 Å². The highest BCUT2D eigenvalue weighted by Gasteiger charge is 2.10. The number of anilines is 1. The highest BCUT2D eigenvalue weighted by molar-refractivity contribution is 5.79. The Morgan fingerprint density at radius 1 is 1.35 bits per heavy atom. The van der Waals surface area contributed by atoms with Crippen molar-refractivity contribution in [1.29, 1.82) is 0 Å². The van der Waals surface area contributed by atoms with E-state index < -0.39 is 0 Å². The first-order valence-corrected chi connectivity index (χ1v) is 6.45. The van der Waals surface area contributed by atoms with Gasteiger partial charge in [-0.15, -0.1) is 0 Å². The average molecular weight is 271 g/mol. The number of rotatable bonds is 4. The number of hydrogen-bond donors (Lipinski definition) is 1. The third kappa shape index (κ3) is 2.09. The molecule has 0 radical (unpaired) electrons. The lowest BCUT2D eigenvalue weighted by atomic mass is 10.3. The highest BCUT2D eigenvalue weighted by atomic mass is 16.5. The van der Waals surface area contributed by atoms with Crippen molar-refractivity contribution in [1.82, 2.24) is 19.1 Å². The largest absolute Gasteiger partial charge is 0.497 e. The van der Waals surface area contributed by atoms with Gasteiger partial charge in [0.25, 0.3) is 0 Å². The fraction of sp³-hybridized carbons (Fsp3) is 0.286. The van der Waals surface area contributed by atoms with Crippen LogP contribution in [-0.4, -0.2) is 26.2 Å². The summed E-state index contributed by atoms with van der Waals surface area (Å²) >= 11 is 0. The Hall–Kier alpha value is -2.50. The van der Waals surface area contributed by atoms with Crippen LogP contribution in [0.3, 0.4) is 0 Å². The lowest BCUT2D eigenvalue weighted by Crippen LogP contribution is -2.08. The van der Waals surface area contributed by atoms with Gasteiger partial charge >= 0.3 is 0 Å². The van der Waals surface area contributed by atoms with E-state index in [0.717, 1.165) is 35.6 Å². The molecule has 0 aliphatic carbocycles. The number of fused-ring (bicyclic) bond motifs is 1. The van der Waals surface area contributed by atoms with Crippen molar-refractivity contribution in [3.05, 3.63) is 36.4 Å². The zero-order valence-electron chi connectivity index (χ0n) is 11.6. The second-order valence-corrected chi connectivity index (χ2v) is 4.68. The Morgan fingerprint density at radius 3 is 2.90 bits per heavy atom. The number of nitrogens with zero attached hydrogens (tertiary/aromatic N) is 4. The molecule has 0 fully saturated rings. The standard InChI is InChI=1S/C14H17N5O/c1-18-8-6-16-13(18)5-7-19-12-9-10(20-2)3-4-11(12)17-14(19)15/h3-4,6,8-9H,5,7H2,1-2H3,(H2,15,17). The number of methoxy groups -OCH3 is 1. The molecule has 1 aromatic carbocycles. The lowest BCUT2D eigenvalue weighted by molar-refractivity contribution is 0.415. The molecule has 0 aliphatic rings. The first-order chi connectivity index (χ1) is 9.69. The molecule has 0 amide bonds. The summed E-state index contributed by atoms with van der Waals surface area (Å²) in [4.78, 5) is 8.69. The van der Waals surface area contributed by atoms with Crippen LogP contribution in [-0.2, 0) is 20.0 Å². The van der Waals surface area contributed by atoms with Crippen molar-refractivity contribution in [2.75, 3.05) is 12.8 Å². The van der Waals surface area contributed by atoms with E-state index in [4.69, 9.17) is 10.5 Å². The molecule has 20 heavy (non-hydrogen) atoms. The molecule has 0 unspecified atom stereocenters. The van der Waals surface area contributed by atoms with Crippen LogP contribution in [0, 0.1) is 0 Å². The molecule has 6 heteroatoms. The molecule has 104 valence electrons. The Kier molecular flexibility index (Phi) is 3.06. The third-order valence-electron chi connectivity index (χ3n) is 3.46. The molecule has 0 spiro atoms. The van der Waals surface area contributed by atoms with Gasteiger partial charge in [0.1, 0.15) is 11.6 Å². The predicted molar refractivity (Wildman–Crippen MR) is 77.6 cm³/mol. The maximum absolute atomic E-state index is 6.01. The predicted octanol–water partition coefficient (Wildman–Crippen LogP) is 1.60. The van der Waals surface area contributed by atoms with Crippen molar-refractivity contribution in [2.24, 2.45) is 7.05 Å². The Morgan fingerprint density at radius 2 is 2.20 bits per heavy atom. The SMILES string of the molecule is COc1ccc2nc(N)n(CCc3nccn3C)c2c1. The lowest BCUT2D eigenvalue weighted by Gasteiger charge is -2.07. The van der Waals surface area contributed by atoms with Gasteiger partial charge in [-0.2, -0.15) is 0 Å². The summed E-state index contributed by atoms with van der Waals surface area (Å²) < 4.78 is 9.26. The molecule has 0 atom stereocenters. The molecule has 0 saturated carbocycles. The van der Waals surface area contributed by atoms with Crippen LogP contribution in [0.5, 0.6) is 5.75 Å². The molecule has 2 aromatic heterocycles. The van der Waals surface area contributed by atoms with Crippen LogP contribution in [0.4, 0.5) is 5.95 Å². The number of benzene rings is 1. The Labute approximate surface area is 116 Å². The van der Waals surface area contributed by atoms with Crippen molar-refractivity contribution in [3.63, 3.8) is 0 Å². The number of imidazole rings is 2. The van der Waals surface area contributed by atoms with Crippen molar-refractivity contribution in [2.45, 2.75) is 13.0 Å². The number of aromatic nitrogens is 4. The average Bonchev–Trinajstić information content (AvgIpc) is 2.99. The summed E-state index contributed by atoms with van der Waals surface area (Å²) in [6.07, 6.45) is 4.54. The zero-order chi connectivity index (χ0) is 14.1. The van der Waals surface area contributed by atoms with Crippen molar-refractivity contribution >= 4 is 17.0 Å². The third-order valence-corrected chi connectivity index (χ3v) is 3.46. The van der Waals surface area contributed by atoms with Gasteiger partial charge in [-0.05, 0) is 12.1 Å². The molecule has 0 bridgehead atoms. The topological polar surface area (TPSA) is 70.9 Å². The number of nitrogen functional groups attached to an aromatic ring is 1. The van der Waals surface area contributed by atoms with Crippen LogP contribution in [0.2, 0.25) is 0 Å². The first-order valence-electron chi connectivity index (χ1n) is 6.45. The first kappa shape index (κ1) is 12.5. The van der Waals surface area contributed by atoms with Crippen LogP contribution in [0.15, 0.2) is 30.6 Å². The maximum atomic E-state index is 6.01. The van der Waals surface area contributed by atoms with E-state index in [1.165, 1.54) is 0 Å². The minimum Gasteiger partial charge on any atom is -0.497 e. The fourth-order valence-electron chi connectivity index (χ4n) is 2.33. The molecular weight excluding hydrogens is 254 g/mol. The van der Waals surface area contributed by atoms with Crippen LogP contribution >= 0.6 is 0 Å². The zero-order valence-corrected chi connectivity index (χ0v) is 11.6. The second kappa shape index (κ2) is 4.88. The van der Waals surface area contributed by atoms with Gasteiger partial charge in [0.2, 0.25) is 5.95 Å². The molecule has 6 nitrogen and oxygen atoms in total. The minimum absolute atomic E-state index is 0.516. The fourth-order valence-corrected chi connectivity index (χ4v) is 2.33. The summed E-state index contributed by atoms with van der Waals surface area (Å²) in [5, 5.41) is 0. The van der Waals surface area contributed by atoms with Gasteiger partial charge in [0, 0.05) is 38.5 Å². The molecule has 3 rings (SSSR count). The van der Waals surface area contributed by atoms with E-state index in [-0.39, 0.29) is 0 Å². The van der Waals surface area contributed by atoms with E-state index in [1.54, 1.807) is 13.3 Å². The number of ether oxygens (including phenoxy) is 1. The van der Waals surface area contributed by atoms with Crippen LogP contribution in [0.25, 0.3) is 11.0 Å². The summed E-state index contributed by atoms with van der Waals surface area (Å²) in [7, 11) is 3.64. The summed E-state index contributed by atoms with van der Waals surface area (Å²) in [5.41, 5.74) is 7.87. The van der Waals surface area contributed by atoms with Crippen LogP contribution < -0.4 is 10.5 Å². The monoisotopic (exact) mass is 271 g/mol. The van der Waals surface area contributed by atoms with E-state index in [2.05, 4.69) is 9.97 Å². The number of nitrogens with two attached hydrogens (primary N) is 1. The van der Waals surface area contributed by atoms with Gasteiger partial charge in [-0.3, -0.25) is 0 Å². The van der Waals surface area contributed by atoms with Gasteiger partial charge in [0.15, 0.2) is 0 Å². The molecule has 2 N–H and O–H groups in total.